The highest BCUT2D eigenvalue weighted by molar-refractivity contribution is 6.09. The molecule has 8 nitrogen and oxygen atoms in total. The number of hydrogen-bond donors (Lipinski definition) is 0. The monoisotopic (exact) mass is 687 g/mol. The van der Waals surface area contributed by atoms with E-state index in [0.29, 0.717) is 36.1 Å². The summed E-state index contributed by atoms with van der Waals surface area (Å²) < 4.78 is 1.96. The molecule has 51 heavy (non-hydrogen) atoms. The van der Waals surface area contributed by atoms with Crippen molar-refractivity contribution in [3.05, 3.63) is 65.0 Å². The largest absolute Gasteiger partial charge is 0.353 e. The summed E-state index contributed by atoms with van der Waals surface area (Å²) in [4.78, 5) is 49.2. The van der Waals surface area contributed by atoms with E-state index in [1.807, 2.05) is 30.8 Å². The molecule has 1 aliphatic heterocycles. The topological polar surface area (TPSA) is 88.4 Å². The highest BCUT2D eigenvalue weighted by Gasteiger charge is 2.50. The fourth-order valence-corrected chi connectivity index (χ4v) is 10.8. The number of carbonyl (C=O) groups excluding carboxylic acids is 3. The highest BCUT2D eigenvalue weighted by Crippen LogP contribution is 2.61. The molecule has 3 heterocycles. The number of hydrogen-bond acceptors (Lipinski definition) is 6. The molecule has 5 aliphatic carbocycles. The number of fused-ring (bicyclic) bond motifs is 1. The van der Waals surface area contributed by atoms with Gasteiger partial charge in [0.25, 0.3) is 0 Å². The van der Waals surface area contributed by atoms with Crippen LogP contribution in [0.3, 0.4) is 0 Å². The van der Waals surface area contributed by atoms with Crippen molar-refractivity contribution in [2.45, 2.75) is 104 Å². The van der Waals surface area contributed by atoms with Crippen LogP contribution >= 0.6 is 0 Å². The molecule has 2 aromatic heterocycles. The van der Waals surface area contributed by atoms with E-state index in [1.54, 1.807) is 6.20 Å². The van der Waals surface area contributed by atoms with E-state index in [-0.39, 0.29) is 24.0 Å². The van der Waals surface area contributed by atoms with Crippen molar-refractivity contribution >= 4 is 34.2 Å². The smallest absolute Gasteiger partial charge is 0.222 e. The van der Waals surface area contributed by atoms with Crippen LogP contribution in [0, 0.1) is 23.2 Å². The van der Waals surface area contributed by atoms with Gasteiger partial charge in [0.2, 0.25) is 5.91 Å². The maximum Gasteiger partial charge on any atom is 0.222 e. The SMILES string of the molecule is CC1=CC(C)=C(CCC(=O)c2cc(-c3ccc(N4CCN(C(=O)CCC56CC7CC(CC(C7)C5)C6)CC4)nc3)cc3c2cnn3C(C)C)C(=O)C1. The number of ketones is 2. The Morgan fingerprint density at radius 3 is 2.24 bits per heavy atom. The van der Waals surface area contributed by atoms with Crippen molar-refractivity contribution in [2.75, 3.05) is 31.1 Å². The third kappa shape index (κ3) is 6.71. The van der Waals surface area contributed by atoms with Crippen LogP contribution in [0.5, 0.6) is 0 Å². The minimum atomic E-state index is 0.0134. The number of anilines is 1. The van der Waals surface area contributed by atoms with Gasteiger partial charge in [-0.1, -0.05) is 11.6 Å². The Morgan fingerprint density at radius 1 is 0.902 bits per heavy atom. The molecule has 8 heteroatoms. The van der Waals surface area contributed by atoms with Gasteiger partial charge in [-0.25, -0.2) is 4.98 Å². The van der Waals surface area contributed by atoms with Gasteiger partial charge in [0.05, 0.1) is 11.7 Å². The second kappa shape index (κ2) is 13.5. The molecule has 0 radical (unpaired) electrons. The maximum absolute atomic E-state index is 13.8. The minimum Gasteiger partial charge on any atom is -0.353 e. The van der Waals surface area contributed by atoms with Crippen molar-refractivity contribution in [3.8, 4) is 11.1 Å². The standard InChI is InChI=1S/C43H53N5O3/c1-27(2)48-38-21-34(20-36(37(38)26-45-48)39(49)7-6-35-29(4)15-28(3)16-40(35)50)33-5-8-41(44-25-33)46-11-13-47(14-12-46)42(51)9-10-43-22-30-17-31(23-43)19-32(18-30)24-43/h5,8,15,20-21,25-27,30-32H,6-7,9-14,16-19,22-24H2,1-4H3. The van der Waals surface area contributed by atoms with E-state index in [2.05, 4.69) is 53.0 Å². The summed E-state index contributed by atoms with van der Waals surface area (Å²) in [5, 5.41) is 5.48. The minimum absolute atomic E-state index is 0.0134. The number of allylic oxidation sites excluding steroid dienone is 4. The predicted octanol–water partition coefficient (Wildman–Crippen LogP) is 8.52. The van der Waals surface area contributed by atoms with E-state index in [1.165, 1.54) is 38.5 Å². The molecule has 268 valence electrons. The number of benzene rings is 1. The van der Waals surface area contributed by atoms with Crippen LogP contribution in [0.1, 0.15) is 115 Å². The Hall–Kier alpha value is -4.07. The van der Waals surface area contributed by atoms with Crippen molar-refractivity contribution in [1.82, 2.24) is 19.7 Å². The van der Waals surface area contributed by atoms with Gasteiger partial charge in [-0.3, -0.25) is 19.1 Å². The molecule has 0 spiro atoms. The van der Waals surface area contributed by atoms with E-state index < -0.39 is 0 Å². The number of aromatic nitrogens is 3. The molecular formula is C43H53N5O3. The molecule has 1 amide bonds. The maximum atomic E-state index is 13.8. The van der Waals surface area contributed by atoms with Crippen LogP contribution in [0.4, 0.5) is 5.82 Å². The number of rotatable bonds is 10. The number of amides is 1. The summed E-state index contributed by atoms with van der Waals surface area (Å²) in [6, 6.07) is 8.35. The summed E-state index contributed by atoms with van der Waals surface area (Å²) in [5.74, 6) is 4.17. The fraction of sp³-hybridized carbons (Fsp3) is 0.558. The molecule has 0 unspecified atom stereocenters. The van der Waals surface area contributed by atoms with Crippen LogP contribution in [0.2, 0.25) is 0 Å². The molecule has 0 atom stereocenters. The lowest BCUT2D eigenvalue weighted by Crippen LogP contribution is -2.50. The Bertz CT molecular complexity index is 1890. The van der Waals surface area contributed by atoms with Gasteiger partial charge in [0.15, 0.2) is 11.6 Å². The number of piperazine rings is 1. The quantitative estimate of drug-likeness (QED) is 0.199. The molecule has 4 bridgehead atoms. The molecule has 1 aromatic carbocycles. The van der Waals surface area contributed by atoms with E-state index in [0.717, 1.165) is 94.9 Å². The van der Waals surface area contributed by atoms with E-state index in [9.17, 15) is 14.4 Å². The van der Waals surface area contributed by atoms with Gasteiger partial charge in [0, 0.05) is 74.2 Å². The molecule has 1 saturated heterocycles. The number of carbonyl (C=O) groups is 3. The van der Waals surface area contributed by atoms with Gasteiger partial charge in [-0.15, -0.1) is 0 Å². The van der Waals surface area contributed by atoms with Gasteiger partial charge in [-0.2, -0.15) is 5.10 Å². The average molecular weight is 688 g/mol. The molecule has 9 rings (SSSR count). The van der Waals surface area contributed by atoms with Crippen LogP contribution in [0.25, 0.3) is 22.0 Å². The van der Waals surface area contributed by atoms with Gasteiger partial charge < -0.3 is 9.80 Å². The molecular weight excluding hydrogens is 635 g/mol. The first-order chi connectivity index (χ1) is 24.5. The third-order valence-corrected chi connectivity index (χ3v) is 12.9. The Labute approximate surface area is 302 Å². The van der Waals surface area contributed by atoms with Crippen molar-refractivity contribution in [3.63, 3.8) is 0 Å². The average Bonchev–Trinajstić information content (AvgIpc) is 3.54. The first-order valence-electron chi connectivity index (χ1n) is 19.5. The first kappa shape index (κ1) is 34.0. The zero-order chi connectivity index (χ0) is 35.4. The summed E-state index contributed by atoms with van der Waals surface area (Å²) in [5.41, 5.74) is 6.66. The van der Waals surface area contributed by atoms with Crippen LogP contribution < -0.4 is 4.90 Å². The molecule has 5 fully saturated rings. The lowest BCUT2D eigenvalue weighted by molar-refractivity contribution is -0.133. The van der Waals surface area contributed by atoms with Crippen molar-refractivity contribution in [1.29, 1.82) is 0 Å². The number of nitrogens with zero attached hydrogens (tertiary/aromatic N) is 5. The first-order valence-corrected chi connectivity index (χ1v) is 19.5. The molecule has 3 aromatic rings. The van der Waals surface area contributed by atoms with Crippen molar-refractivity contribution in [2.24, 2.45) is 23.2 Å². The number of Topliss-reactive ketones (excluding diaryl/α,β-unsaturated/α-hetero) is 2. The van der Waals surface area contributed by atoms with Gasteiger partial charge in [-0.05, 0) is 143 Å². The molecule has 0 N–H and O–H groups in total. The van der Waals surface area contributed by atoms with E-state index in [4.69, 9.17) is 4.98 Å². The second-order valence-corrected chi connectivity index (χ2v) is 17.0. The van der Waals surface area contributed by atoms with Gasteiger partial charge in [0.1, 0.15) is 5.82 Å². The van der Waals surface area contributed by atoms with Gasteiger partial charge >= 0.3 is 0 Å². The zero-order valence-corrected chi connectivity index (χ0v) is 30.9. The summed E-state index contributed by atoms with van der Waals surface area (Å²) in [6.07, 6.45) is 17.1. The van der Waals surface area contributed by atoms with Crippen molar-refractivity contribution < 1.29 is 14.4 Å². The summed E-state index contributed by atoms with van der Waals surface area (Å²) >= 11 is 0. The summed E-state index contributed by atoms with van der Waals surface area (Å²) in [7, 11) is 0. The molecule has 4 saturated carbocycles. The Kier molecular flexibility index (Phi) is 9.00. The van der Waals surface area contributed by atoms with Crippen LogP contribution in [-0.4, -0.2) is 63.3 Å². The van der Waals surface area contributed by atoms with E-state index >= 15 is 0 Å². The normalized spacial score (nSPS) is 26.1. The second-order valence-electron chi connectivity index (χ2n) is 17.0. The Morgan fingerprint density at radius 2 is 1.61 bits per heavy atom. The lowest BCUT2D eigenvalue weighted by Gasteiger charge is -2.57. The fourth-order valence-electron chi connectivity index (χ4n) is 10.8. The molecule has 6 aliphatic rings. The lowest BCUT2D eigenvalue weighted by atomic mass is 9.48. The Balaban J connectivity index is 0.931. The predicted molar refractivity (Wildman–Crippen MR) is 202 cm³/mol. The zero-order valence-electron chi connectivity index (χ0n) is 30.9. The van der Waals surface area contributed by atoms with Crippen LogP contribution in [0.15, 0.2) is 59.5 Å². The summed E-state index contributed by atoms with van der Waals surface area (Å²) in [6.45, 7) is 11.2. The third-order valence-electron chi connectivity index (χ3n) is 12.9. The number of pyridine rings is 1. The van der Waals surface area contributed by atoms with Crippen LogP contribution in [-0.2, 0) is 9.59 Å². The highest BCUT2D eigenvalue weighted by atomic mass is 16.2.